The minimum Gasteiger partial charge on any atom is -0.219 e. The van der Waals surface area contributed by atoms with E-state index in [0.717, 1.165) is 23.8 Å². The number of sulfone groups is 1. The maximum absolute atomic E-state index is 12.0. The van der Waals surface area contributed by atoms with Crippen molar-refractivity contribution in [2.45, 2.75) is 38.0 Å². The summed E-state index contributed by atoms with van der Waals surface area (Å²) in [5.74, 6) is 0. The highest BCUT2D eigenvalue weighted by molar-refractivity contribution is 7.94. The minimum atomic E-state index is -3.40. The number of halogens is 1. The van der Waals surface area contributed by atoms with Crippen LogP contribution in [0.3, 0.4) is 0 Å². The Morgan fingerprint density at radius 1 is 1.29 bits per heavy atom. The van der Waals surface area contributed by atoms with E-state index in [-0.39, 0.29) is 4.90 Å². The van der Waals surface area contributed by atoms with Crippen LogP contribution < -0.4 is 0 Å². The molecule has 0 fully saturated rings. The third-order valence-electron chi connectivity index (χ3n) is 2.40. The van der Waals surface area contributed by atoms with Gasteiger partial charge in [-0.15, -0.1) is 0 Å². The van der Waals surface area contributed by atoms with E-state index in [1.807, 2.05) is 13.8 Å². The molecule has 1 rings (SSSR count). The molecule has 0 aromatic heterocycles. The van der Waals surface area contributed by atoms with Crippen molar-refractivity contribution < 1.29 is 8.42 Å². The number of aryl methyl sites for hydroxylation is 1. The highest BCUT2D eigenvalue weighted by Crippen LogP contribution is 2.19. The summed E-state index contributed by atoms with van der Waals surface area (Å²) in [6.45, 7) is 3.96. The fourth-order valence-corrected chi connectivity index (χ4v) is 2.96. The Balaban J connectivity index is 2.92. The normalized spacial score (nSPS) is 12.8. The van der Waals surface area contributed by atoms with Gasteiger partial charge in [-0.05, 0) is 31.9 Å². The van der Waals surface area contributed by atoms with Gasteiger partial charge in [-0.1, -0.05) is 42.6 Å². The molecule has 2 nitrogen and oxygen atoms in total. The lowest BCUT2D eigenvalue weighted by Crippen LogP contribution is -1.97. The van der Waals surface area contributed by atoms with Crippen LogP contribution in [0, 0.1) is 6.92 Å². The van der Waals surface area contributed by atoms with Crippen molar-refractivity contribution in [1.29, 1.82) is 0 Å². The zero-order valence-corrected chi connectivity index (χ0v) is 11.7. The van der Waals surface area contributed by atoms with Crippen LogP contribution in [0.2, 0.25) is 0 Å². The SMILES string of the molecule is CCCC/C(Cl)=C\S(=O)(=O)c1ccc(C)cc1. The first-order valence-electron chi connectivity index (χ1n) is 5.63. The van der Waals surface area contributed by atoms with E-state index < -0.39 is 9.84 Å². The molecule has 0 aliphatic heterocycles. The van der Waals surface area contributed by atoms with Crippen LogP contribution in [-0.4, -0.2) is 8.42 Å². The molecule has 0 spiro atoms. The first-order chi connectivity index (χ1) is 7.95. The summed E-state index contributed by atoms with van der Waals surface area (Å²) in [6, 6.07) is 6.76. The molecular formula is C13H17ClO2S. The second kappa shape index (κ2) is 6.22. The Morgan fingerprint density at radius 2 is 1.88 bits per heavy atom. The molecule has 17 heavy (non-hydrogen) atoms. The summed E-state index contributed by atoms with van der Waals surface area (Å²) in [6.07, 6.45) is 2.51. The molecule has 0 aliphatic carbocycles. The van der Waals surface area contributed by atoms with Gasteiger partial charge >= 0.3 is 0 Å². The van der Waals surface area contributed by atoms with Crippen molar-refractivity contribution in [3.63, 3.8) is 0 Å². The molecule has 0 radical (unpaired) electrons. The van der Waals surface area contributed by atoms with Gasteiger partial charge in [0.25, 0.3) is 0 Å². The van der Waals surface area contributed by atoms with E-state index in [4.69, 9.17) is 11.6 Å². The summed E-state index contributed by atoms with van der Waals surface area (Å²) in [4.78, 5) is 0.290. The van der Waals surface area contributed by atoms with Gasteiger partial charge < -0.3 is 0 Å². The summed E-state index contributed by atoms with van der Waals surface area (Å²) in [7, 11) is -3.40. The summed E-state index contributed by atoms with van der Waals surface area (Å²) >= 11 is 5.91. The van der Waals surface area contributed by atoms with E-state index >= 15 is 0 Å². The Hall–Kier alpha value is -0.800. The van der Waals surface area contributed by atoms with Gasteiger partial charge in [0.1, 0.15) is 0 Å². The predicted octanol–water partition coefficient (Wildman–Crippen LogP) is 4.04. The zero-order valence-electron chi connectivity index (χ0n) is 10.1. The lowest BCUT2D eigenvalue weighted by Gasteiger charge is -2.01. The fraction of sp³-hybridized carbons (Fsp3) is 0.385. The molecule has 0 aliphatic rings. The largest absolute Gasteiger partial charge is 0.219 e. The molecule has 94 valence electrons. The highest BCUT2D eigenvalue weighted by Gasteiger charge is 2.11. The van der Waals surface area contributed by atoms with E-state index in [9.17, 15) is 8.42 Å². The van der Waals surface area contributed by atoms with Crippen molar-refractivity contribution in [3.05, 3.63) is 40.3 Å². The second-order valence-electron chi connectivity index (χ2n) is 4.03. The van der Waals surface area contributed by atoms with Crippen LogP contribution >= 0.6 is 11.6 Å². The van der Waals surface area contributed by atoms with Crippen molar-refractivity contribution in [2.24, 2.45) is 0 Å². The summed E-state index contributed by atoms with van der Waals surface area (Å²) < 4.78 is 23.9. The molecule has 0 saturated heterocycles. The lowest BCUT2D eigenvalue weighted by molar-refractivity contribution is 0.604. The van der Waals surface area contributed by atoms with E-state index in [1.165, 1.54) is 0 Å². The number of unbranched alkanes of at least 4 members (excludes halogenated alkanes) is 1. The van der Waals surface area contributed by atoms with Crippen molar-refractivity contribution in [3.8, 4) is 0 Å². The monoisotopic (exact) mass is 272 g/mol. The maximum Gasteiger partial charge on any atom is 0.200 e. The Labute approximate surface area is 108 Å². The lowest BCUT2D eigenvalue weighted by atomic mass is 10.2. The van der Waals surface area contributed by atoms with Gasteiger partial charge in [-0.3, -0.25) is 0 Å². The van der Waals surface area contributed by atoms with Crippen molar-refractivity contribution >= 4 is 21.4 Å². The first-order valence-corrected chi connectivity index (χ1v) is 7.56. The molecule has 0 heterocycles. The van der Waals surface area contributed by atoms with Crippen LogP contribution in [0.15, 0.2) is 39.6 Å². The van der Waals surface area contributed by atoms with Crippen LogP contribution in [0.4, 0.5) is 0 Å². The Kier molecular flexibility index (Phi) is 5.22. The molecular weight excluding hydrogens is 256 g/mol. The van der Waals surface area contributed by atoms with Crippen molar-refractivity contribution in [2.75, 3.05) is 0 Å². The number of allylic oxidation sites excluding steroid dienone is 1. The van der Waals surface area contributed by atoms with Crippen LogP contribution in [-0.2, 0) is 9.84 Å². The molecule has 0 bridgehead atoms. The average molecular weight is 273 g/mol. The fourth-order valence-electron chi connectivity index (χ4n) is 1.37. The Bertz CT molecular complexity index is 487. The first kappa shape index (κ1) is 14.3. The molecule has 0 unspecified atom stereocenters. The molecule has 4 heteroatoms. The van der Waals surface area contributed by atoms with E-state index in [2.05, 4.69) is 0 Å². The van der Waals surface area contributed by atoms with Gasteiger partial charge in [0.15, 0.2) is 0 Å². The number of benzene rings is 1. The van der Waals surface area contributed by atoms with Crippen LogP contribution in [0.1, 0.15) is 31.7 Å². The second-order valence-corrected chi connectivity index (χ2v) is 6.31. The average Bonchev–Trinajstić information content (AvgIpc) is 2.26. The van der Waals surface area contributed by atoms with Gasteiger partial charge in [-0.2, -0.15) is 0 Å². The summed E-state index contributed by atoms with van der Waals surface area (Å²) in [5, 5.41) is 1.56. The van der Waals surface area contributed by atoms with Gasteiger partial charge in [-0.25, -0.2) is 8.42 Å². The predicted molar refractivity (Wildman–Crippen MR) is 71.8 cm³/mol. The van der Waals surface area contributed by atoms with E-state index in [0.29, 0.717) is 11.5 Å². The standard InChI is InChI=1S/C13H17ClO2S/c1-3-4-5-12(14)10-17(15,16)13-8-6-11(2)7-9-13/h6-10H,3-5H2,1-2H3/b12-10+. The van der Waals surface area contributed by atoms with Crippen LogP contribution in [0.25, 0.3) is 0 Å². The molecule has 1 aromatic carbocycles. The molecule has 0 N–H and O–H groups in total. The molecule has 0 saturated carbocycles. The topological polar surface area (TPSA) is 34.1 Å². The maximum atomic E-state index is 12.0. The summed E-state index contributed by atoms with van der Waals surface area (Å²) in [5.41, 5.74) is 1.03. The number of hydrogen-bond acceptors (Lipinski definition) is 2. The Morgan fingerprint density at radius 3 is 2.41 bits per heavy atom. The highest BCUT2D eigenvalue weighted by atomic mass is 35.5. The molecule has 1 aromatic rings. The van der Waals surface area contributed by atoms with Gasteiger partial charge in [0.2, 0.25) is 9.84 Å². The molecule has 0 amide bonds. The zero-order chi connectivity index (χ0) is 12.9. The van der Waals surface area contributed by atoms with Crippen LogP contribution in [0.5, 0.6) is 0 Å². The number of hydrogen-bond donors (Lipinski definition) is 0. The quantitative estimate of drug-likeness (QED) is 0.811. The third kappa shape index (κ3) is 4.52. The smallest absolute Gasteiger partial charge is 0.200 e. The minimum absolute atomic E-state index is 0.290. The van der Waals surface area contributed by atoms with Gasteiger partial charge in [0.05, 0.1) is 4.90 Å². The third-order valence-corrected chi connectivity index (χ3v) is 4.35. The van der Waals surface area contributed by atoms with Crippen molar-refractivity contribution in [1.82, 2.24) is 0 Å². The molecule has 0 atom stereocenters. The number of rotatable bonds is 5. The van der Waals surface area contributed by atoms with E-state index in [1.54, 1.807) is 24.3 Å². The van der Waals surface area contributed by atoms with Gasteiger partial charge in [0, 0.05) is 10.4 Å².